The predicted octanol–water partition coefficient (Wildman–Crippen LogP) is 5.40. The molecule has 2 aromatic heterocycles. The lowest BCUT2D eigenvalue weighted by Gasteiger charge is -2.07. The Kier molecular flexibility index (Phi) is 3.96. The molecule has 2 aromatic carbocycles. The van der Waals surface area contributed by atoms with Gasteiger partial charge in [-0.05, 0) is 42.7 Å². The Morgan fingerprint density at radius 1 is 1.00 bits per heavy atom. The molecule has 0 spiro atoms. The maximum Gasteiger partial charge on any atom is 0.274 e. The number of aromatic nitrogens is 2. The Morgan fingerprint density at radius 3 is 2.42 bits per heavy atom. The molecule has 0 radical (unpaired) electrons. The fourth-order valence-electron chi connectivity index (χ4n) is 3.15. The van der Waals surface area contributed by atoms with Crippen molar-refractivity contribution in [2.75, 3.05) is 5.32 Å². The molecule has 0 atom stereocenters. The first-order valence-electron chi connectivity index (χ1n) is 8.81. The van der Waals surface area contributed by atoms with Crippen molar-refractivity contribution in [3.8, 4) is 0 Å². The molecule has 26 heavy (non-hydrogen) atoms. The van der Waals surface area contributed by atoms with E-state index in [1.54, 1.807) is 0 Å². The van der Waals surface area contributed by atoms with Crippen molar-refractivity contribution >= 4 is 33.4 Å². The Labute approximate surface area is 152 Å². The van der Waals surface area contributed by atoms with Gasteiger partial charge in [0, 0.05) is 22.2 Å². The van der Waals surface area contributed by atoms with E-state index in [-0.39, 0.29) is 5.91 Å². The topological polar surface area (TPSA) is 57.8 Å². The number of pyridine rings is 1. The van der Waals surface area contributed by atoms with Crippen LogP contribution in [0.5, 0.6) is 0 Å². The zero-order chi connectivity index (χ0) is 18.3. The first-order valence-corrected chi connectivity index (χ1v) is 8.81. The molecule has 0 aliphatic rings. The molecule has 4 nitrogen and oxygen atoms in total. The quantitative estimate of drug-likeness (QED) is 0.523. The van der Waals surface area contributed by atoms with Gasteiger partial charge in [-0.2, -0.15) is 0 Å². The Balaban J connectivity index is 1.66. The molecule has 1 amide bonds. The van der Waals surface area contributed by atoms with E-state index in [9.17, 15) is 4.79 Å². The van der Waals surface area contributed by atoms with Crippen molar-refractivity contribution in [1.29, 1.82) is 0 Å². The number of aromatic amines is 1. The van der Waals surface area contributed by atoms with Gasteiger partial charge in [-0.15, -0.1) is 0 Å². The van der Waals surface area contributed by atoms with Crippen molar-refractivity contribution in [3.05, 3.63) is 71.5 Å². The number of amides is 1. The number of anilines is 1. The summed E-state index contributed by atoms with van der Waals surface area (Å²) in [5, 5.41) is 4.97. The second-order valence-corrected chi connectivity index (χ2v) is 6.98. The van der Waals surface area contributed by atoms with Crippen LogP contribution in [0.1, 0.15) is 41.5 Å². The summed E-state index contributed by atoms with van der Waals surface area (Å²) in [6, 6.07) is 17.9. The summed E-state index contributed by atoms with van der Waals surface area (Å²) < 4.78 is 0. The highest BCUT2D eigenvalue weighted by Gasteiger charge is 2.13. The lowest BCUT2D eigenvalue weighted by Crippen LogP contribution is -2.12. The molecule has 4 aromatic rings. The lowest BCUT2D eigenvalue weighted by atomic mass is 10.0. The molecule has 0 fully saturated rings. The van der Waals surface area contributed by atoms with Gasteiger partial charge in [0.1, 0.15) is 5.69 Å². The largest absolute Gasteiger partial charge is 0.357 e. The average Bonchev–Trinajstić information content (AvgIpc) is 3.07. The van der Waals surface area contributed by atoms with Crippen LogP contribution in [0.15, 0.2) is 54.6 Å². The molecule has 0 bridgehead atoms. The molecule has 4 heteroatoms. The summed E-state index contributed by atoms with van der Waals surface area (Å²) in [5.74, 6) is 0.272. The highest BCUT2D eigenvalue weighted by Crippen LogP contribution is 2.25. The number of nitrogens with one attached hydrogen (secondary N) is 2. The lowest BCUT2D eigenvalue weighted by molar-refractivity contribution is 0.102. The van der Waals surface area contributed by atoms with Gasteiger partial charge >= 0.3 is 0 Å². The minimum absolute atomic E-state index is 0.195. The van der Waals surface area contributed by atoms with E-state index in [0.29, 0.717) is 11.6 Å². The van der Waals surface area contributed by atoms with Crippen molar-refractivity contribution in [3.63, 3.8) is 0 Å². The number of H-pyrrole nitrogens is 1. The third-order valence-electron chi connectivity index (χ3n) is 4.67. The van der Waals surface area contributed by atoms with Gasteiger partial charge in [0.15, 0.2) is 0 Å². The van der Waals surface area contributed by atoms with Crippen LogP contribution in [0.2, 0.25) is 0 Å². The summed E-state index contributed by atoms with van der Waals surface area (Å²) in [6.07, 6.45) is 0. The number of hydrogen-bond donors (Lipinski definition) is 2. The summed E-state index contributed by atoms with van der Waals surface area (Å²) >= 11 is 0. The Morgan fingerprint density at radius 2 is 1.69 bits per heavy atom. The summed E-state index contributed by atoms with van der Waals surface area (Å²) in [7, 11) is 0. The number of benzene rings is 2. The van der Waals surface area contributed by atoms with E-state index in [0.717, 1.165) is 33.2 Å². The molecule has 0 aliphatic heterocycles. The van der Waals surface area contributed by atoms with Gasteiger partial charge in [-0.3, -0.25) is 4.79 Å². The second kappa shape index (κ2) is 6.30. The van der Waals surface area contributed by atoms with Crippen LogP contribution in [0.3, 0.4) is 0 Å². The number of nitrogens with zero attached hydrogens (tertiary/aromatic N) is 1. The van der Waals surface area contributed by atoms with Crippen molar-refractivity contribution < 1.29 is 4.79 Å². The van der Waals surface area contributed by atoms with Crippen molar-refractivity contribution in [1.82, 2.24) is 9.97 Å². The number of rotatable bonds is 3. The summed E-state index contributed by atoms with van der Waals surface area (Å²) in [6.45, 7) is 6.31. The highest BCUT2D eigenvalue weighted by atomic mass is 16.1. The fourth-order valence-corrected chi connectivity index (χ4v) is 3.15. The van der Waals surface area contributed by atoms with Gasteiger partial charge < -0.3 is 10.3 Å². The predicted molar refractivity (Wildman–Crippen MR) is 107 cm³/mol. The van der Waals surface area contributed by atoms with Gasteiger partial charge in [-0.25, -0.2) is 4.98 Å². The fraction of sp³-hybridized carbons (Fsp3) is 0.182. The van der Waals surface area contributed by atoms with Gasteiger partial charge in [0.25, 0.3) is 5.91 Å². The molecule has 0 saturated heterocycles. The smallest absolute Gasteiger partial charge is 0.274 e. The maximum atomic E-state index is 12.6. The highest BCUT2D eigenvalue weighted by molar-refractivity contribution is 6.10. The van der Waals surface area contributed by atoms with Gasteiger partial charge in [-0.1, -0.05) is 44.2 Å². The second-order valence-electron chi connectivity index (χ2n) is 6.98. The van der Waals surface area contributed by atoms with E-state index in [2.05, 4.69) is 35.2 Å². The zero-order valence-corrected chi connectivity index (χ0v) is 15.1. The molecule has 130 valence electrons. The molecule has 0 aliphatic carbocycles. The van der Waals surface area contributed by atoms with Crippen LogP contribution in [0.4, 0.5) is 5.69 Å². The Hall–Kier alpha value is -3.14. The molecular formula is C22H21N3O. The maximum absolute atomic E-state index is 12.6. The van der Waals surface area contributed by atoms with Crippen LogP contribution in [-0.4, -0.2) is 15.9 Å². The van der Waals surface area contributed by atoms with Gasteiger partial charge in [0.2, 0.25) is 0 Å². The number of hydrogen-bond acceptors (Lipinski definition) is 2. The number of carbonyl (C=O) groups is 1. The first kappa shape index (κ1) is 16.3. The van der Waals surface area contributed by atoms with Crippen LogP contribution >= 0.6 is 0 Å². The monoisotopic (exact) mass is 343 g/mol. The van der Waals surface area contributed by atoms with Crippen molar-refractivity contribution in [2.24, 2.45) is 0 Å². The van der Waals surface area contributed by atoms with Crippen LogP contribution in [0.25, 0.3) is 21.8 Å². The summed E-state index contributed by atoms with van der Waals surface area (Å²) in [5.41, 5.74) is 5.30. The number of carbonyl (C=O) groups excluding carboxylic acids is 1. The van der Waals surface area contributed by atoms with E-state index in [1.165, 1.54) is 5.56 Å². The third kappa shape index (κ3) is 2.94. The standard InChI is InChI=1S/C22H21N3O/c1-13(2)15-8-10-18(11-9-15)24-22(26)19-12-17-7-6-16-5-4-14(3)23-20(16)21(17)25-19/h4-13,23H,1-3H3,(H,24,26). The van der Waals surface area contributed by atoms with Crippen LogP contribution in [-0.2, 0) is 0 Å². The van der Waals surface area contributed by atoms with Crippen molar-refractivity contribution in [2.45, 2.75) is 26.7 Å². The van der Waals surface area contributed by atoms with E-state index < -0.39 is 0 Å². The number of aryl methyl sites for hydroxylation is 1. The molecule has 0 unspecified atom stereocenters. The number of fused-ring (bicyclic) bond motifs is 3. The first-order chi connectivity index (χ1) is 12.5. The molecular weight excluding hydrogens is 322 g/mol. The normalized spacial score (nSPS) is 11.4. The minimum Gasteiger partial charge on any atom is -0.357 e. The molecule has 2 heterocycles. The molecule has 2 N–H and O–H groups in total. The third-order valence-corrected chi connectivity index (χ3v) is 4.67. The Bertz CT molecular complexity index is 1110. The summed E-state index contributed by atoms with van der Waals surface area (Å²) in [4.78, 5) is 20.6. The van der Waals surface area contributed by atoms with E-state index >= 15 is 0 Å². The van der Waals surface area contributed by atoms with Gasteiger partial charge in [0.05, 0.1) is 11.0 Å². The minimum atomic E-state index is -0.195. The van der Waals surface area contributed by atoms with E-state index in [4.69, 9.17) is 0 Å². The zero-order valence-electron chi connectivity index (χ0n) is 15.1. The van der Waals surface area contributed by atoms with Crippen LogP contribution < -0.4 is 5.32 Å². The molecule has 4 rings (SSSR count). The van der Waals surface area contributed by atoms with E-state index in [1.807, 2.05) is 55.5 Å². The van der Waals surface area contributed by atoms with Crippen LogP contribution in [0, 0.1) is 6.92 Å². The SMILES string of the molecule is Cc1ccc2ccc3cc(C(=O)Nc4ccc(C(C)C)cc4)nc3c2[nH]1. The average molecular weight is 343 g/mol. The molecule has 0 saturated carbocycles.